The predicted octanol–water partition coefficient (Wildman–Crippen LogP) is 3.77. The highest BCUT2D eigenvalue weighted by Crippen LogP contribution is 2.36. The molecule has 0 bridgehead atoms. The molecule has 0 aliphatic heterocycles. The van der Waals surface area contributed by atoms with Gasteiger partial charge in [0.1, 0.15) is 0 Å². The molecule has 1 aromatic rings. The van der Waals surface area contributed by atoms with Gasteiger partial charge >= 0.3 is 0 Å². The number of methoxy groups -OCH3 is 1. The summed E-state index contributed by atoms with van der Waals surface area (Å²) in [5.41, 5.74) is 2.78. The van der Waals surface area contributed by atoms with E-state index < -0.39 is 0 Å². The van der Waals surface area contributed by atoms with Crippen LogP contribution in [0.15, 0.2) is 23.1 Å². The van der Waals surface area contributed by atoms with Crippen molar-refractivity contribution in [3.05, 3.63) is 29.3 Å². The molecule has 1 aliphatic rings. The average Bonchev–Trinajstić information content (AvgIpc) is 2.91. The molecule has 0 saturated heterocycles. The first-order valence-corrected chi connectivity index (χ1v) is 8.13. The molecule has 0 atom stereocenters. The fourth-order valence-corrected chi connectivity index (χ4v) is 3.87. The number of rotatable bonds is 7. The van der Waals surface area contributed by atoms with Gasteiger partial charge in [-0.05, 0) is 37.0 Å². The third-order valence-corrected chi connectivity index (χ3v) is 5.16. The number of benzene rings is 1. The SMILES string of the molecule is COCCNCc1ccc(SC2CCCC2)c(C)c1. The van der Waals surface area contributed by atoms with E-state index in [2.05, 4.69) is 42.2 Å². The van der Waals surface area contributed by atoms with Crippen molar-refractivity contribution < 1.29 is 4.74 Å². The normalized spacial score (nSPS) is 16.1. The highest BCUT2D eigenvalue weighted by atomic mass is 32.2. The second-order valence-electron chi connectivity index (χ2n) is 5.29. The topological polar surface area (TPSA) is 21.3 Å². The average molecular weight is 279 g/mol. The lowest BCUT2D eigenvalue weighted by atomic mass is 10.1. The van der Waals surface area contributed by atoms with E-state index in [1.807, 2.05) is 0 Å². The lowest BCUT2D eigenvalue weighted by molar-refractivity contribution is 0.199. The Hall–Kier alpha value is -0.510. The van der Waals surface area contributed by atoms with Crippen LogP contribution in [0.3, 0.4) is 0 Å². The zero-order chi connectivity index (χ0) is 13.5. The summed E-state index contributed by atoms with van der Waals surface area (Å²) in [4.78, 5) is 1.47. The summed E-state index contributed by atoms with van der Waals surface area (Å²) in [6, 6.07) is 6.87. The molecule has 1 fully saturated rings. The number of aryl methyl sites for hydroxylation is 1. The number of nitrogens with one attached hydrogen (secondary N) is 1. The van der Waals surface area contributed by atoms with E-state index in [4.69, 9.17) is 4.74 Å². The first-order valence-electron chi connectivity index (χ1n) is 7.25. The lowest BCUT2D eigenvalue weighted by Gasteiger charge is -2.13. The highest BCUT2D eigenvalue weighted by molar-refractivity contribution is 8.00. The molecule has 0 radical (unpaired) electrons. The Balaban J connectivity index is 1.85. The van der Waals surface area contributed by atoms with E-state index in [-0.39, 0.29) is 0 Å². The van der Waals surface area contributed by atoms with Gasteiger partial charge in [0.15, 0.2) is 0 Å². The van der Waals surface area contributed by atoms with Crippen LogP contribution in [0.4, 0.5) is 0 Å². The van der Waals surface area contributed by atoms with Gasteiger partial charge < -0.3 is 10.1 Å². The Bertz CT molecular complexity index is 388. The van der Waals surface area contributed by atoms with Gasteiger partial charge in [0, 0.05) is 30.3 Å². The molecule has 0 spiro atoms. The summed E-state index contributed by atoms with van der Waals surface area (Å²) in [5, 5.41) is 4.24. The molecule has 106 valence electrons. The number of hydrogen-bond donors (Lipinski definition) is 1. The largest absolute Gasteiger partial charge is 0.383 e. The molecule has 1 aromatic carbocycles. The smallest absolute Gasteiger partial charge is 0.0587 e. The standard InChI is InChI=1S/C16H25NOS/c1-13-11-14(12-17-9-10-18-2)7-8-16(13)19-15-5-3-4-6-15/h7-8,11,15,17H,3-6,9-10,12H2,1-2H3. The molecule has 2 rings (SSSR count). The van der Waals surface area contributed by atoms with E-state index >= 15 is 0 Å². The summed E-state index contributed by atoms with van der Waals surface area (Å²) < 4.78 is 5.03. The minimum atomic E-state index is 0.772. The second kappa shape index (κ2) is 7.93. The molecule has 1 N–H and O–H groups in total. The third kappa shape index (κ3) is 4.83. The van der Waals surface area contributed by atoms with Crippen molar-refractivity contribution >= 4 is 11.8 Å². The van der Waals surface area contributed by atoms with Gasteiger partial charge in [-0.3, -0.25) is 0 Å². The summed E-state index contributed by atoms with van der Waals surface area (Å²) >= 11 is 2.08. The van der Waals surface area contributed by atoms with Crippen LogP contribution < -0.4 is 5.32 Å². The Morgan fingerprint density at radius 3 is 2.79 bits per heavy atom. The van der Waals surface area contributed by atoms with Crippen LogP contribution in [0.1, 0.15) is 36.8 Å². The van der Waals surface area contributed by atoms with E-state index in [0.717, 1.165) is 24.9 Å². The van der Waals surface area contributed by atoms with Crippen molar-refractivity contribution in [3.8, 4) is 0 Å². The molecule has 0 heterocycles. The van der Waals surface area contributed by atoms with Crippen molar-refractivity contribution in [2.45, 2.75) is 49.3 Å². The number of thioether (sulfide) groups is 1. The maximum atomic E-state index is 5.03. The lowest BCUT2D eigenvalue weighted by Crippen LogP contribution is -2.18. The maximum Gasteiger partial charge on any atom is 0.0587 e. The zero-order valence-electron chi connectivity index (χ0n) is 12.1. The quantitative estimate of drug-likeness (QED) is 0.768. The van der Waals surface area contributed by atoms with Crippen LogP contribution in [0.25, 0.3) is 0 Å². The van der Waals surface area contributed by atoms with Crippen molar-refractivity contribution in [1.29, 1.82) is 0 Å². The fourth-order valence-electron chi connectivity index (χ4n) is 2.55. The Morgan fingerprint density at radius 2 is 2.11 bits per heavy atom. The van der Waals surface area contributed by atoms with Gasteiger partial charge in [-0.25, -0.2) is 0 Å². The molecule has 3 heteroatoms. The van der Waals surface area contributed by atoms with E-state index in [9.17, 15) is 0 Å². The van der Waals surface area contributed by atoms with Crippen molar-refractivity contribution in [3.63, 3.8) is 0 Å². The molecular formula is C16H25NOS. The molecule has 19 heavy (non-hydrogen) atoms. The molecular weight excluding hydrogens is 254 g/mol. The van der Waals surface area contributed by atoms with Crippen LogP contribution >= 0.6 is 11.8 Å². The van der Waals surface area contributed by atoms with Crippen molar-refractivity contribution in [1.82, 2.24) is 5.32 Å². The molecule has 0 aromatic heterocycles. The van der Waals surface area contributed by atoms with Crippen LogP contribution in [0.2, 0.25) is 0 Å². The van der Waals surface area contributed by atoms with Crippen LogP contribution in [0, 0.1) is 6.92 Å². The molecule has 0 amide bonds. The Morgan fingerprint density at radius 1 is 1.32 bits per heavy atom. The third-order valence-electron chi connectivity index (χ3n) is 3.65. The van der Waals surface area contributed by atoms with Gasteiger partial charge in [-0.1, -0.05) is 25.0 Å². The molecule has 2 nitrogen and oxygen atoms in total. The summed E-state index contributed by atoms with van der Waals surface area (Å²) in [6.07, 6.45) is 5.62. The minimum absolute atomic E-state index is 0.772. The molecule has 1 aliphatic carbocycles. The van der Waals surface area contributed by atoms with Crippen LogP contribution in [-0.4, -0.2) is 25.5 Å². The fraction of sp³-hybridized carbons (Fsp3) is 0.625. The van der Waals surface area contributed by atoms with Gasteiger partial charge in [0.25, 0.3) is 0 Å². The van der Waals surface area contributed by atoms with Gasteiger partial charge in [0.2, 0.25) is 0 Å². The molecule has 1 saturated carbocycles. The van der Waals surface area contributed by atoms with E-state index in [1.54, 1.807) is 7.11 Å². The second-order valence-corrected chi connectivity index (χ2v) is 6.64. The Kier molecular flexibility index (Phi) is 6.21. The van der Waals surface area contributed by atoms with E-state index in [0.29, 0.717) is 0 Å². The first-order chi connectivity index (χ1) is 9.29. The Labute approximate surface area is 121 Å². The summed E-state index contributed by atoms with van der Waals surface area (Å²) in [7, 11) is 1.74. The molecule has 0 unspecified atom stereocenters. The number of ether oxygens (including phenoxy) is 1. The highest BCUT2D eigenvalue weighted by Gasteiger charge is 2.16. The van der Waals surface area contributed by atoms with Gasteiger partial charge in [0.05, 0.1) is 6.61 Å². The van der Waals surface area contributed by atoms with Gasteiger partial charge in [-0.2, -0.15) is 0 Å². The van der Waals surface area contributed by atoms with E-state index in [1.165, 1.54) is 41.7 Å². The zero-order valence-corrected chi connectivity index (χ0v) is 12.9. The van der Waals surface area contributed by atoms with Gasteiger partial charge in [-0.15, -0.1) is 11.8 Å². The number of hydrogen-bond acceptors (Lipinski definition) is 3. The van der Waals surface area contributed by atoms with Crippen molar-refractivity contribution in [2.75, 3.05) is 20.3 Å². The minimum Gasteiger partial charge on any atom is -0.383 e. The maximum absolute atomic E-state index is 5.03. The summed E-state index contributed by atoms with van der Waals surface area (Å²) in [6.45, 7) is 4.84. The van der Waals surface area contributed by atoms with Crippen LogP contribution in [0.5, 0.6) is 0 Å². The van der Waals surface area contributed by atoms with Crippen molar-refractivity contribution in [2.24, 2.45) is 0 Å². The monoisotopic (exact) mass is 279 g/mol. The predicted molar refractivity (Wildman–Crippen MR) is 82.9 cm³/mol. The first kappa shape index (κ1) is 14.9. The van der Waals surface area contributed by atoms with Crippen LogP contribution in [-0.2, 0) is 11.3 Å². The summed E-state index contributed by atoms with van der Waals surface area (Å²) in [5.74, 6) is 0.